The van der Waals surface area contributed by atoms with Crippen molar-refractivity contribution in [2.24, 2.45) is 0 Å². The van der Waals surface area contributed by atoms with Crippen LogP contribution in [0.2, 0.25) is 4.34 Å². The molecule has 0 spiro atoms. The van der Waals surface area contributed by atoms with Crippen LogP contribution in [-0.2, 0) is 19.2 Å². The largest absolute Gasteiger partial charge is 0.348 e. The lowest BCUT2D eigenvalue weighted by atomic mass is 9.94. The molecule has 5 amide bonds. The molecule has 9 nitrogen and oxygen atoms in total. The van der Waals surface area contributed by atoms with Crippen molar-refractivity contribution in [3.63, 3.8) is 0 Å². The number of piperazine rings is 1. The Hall–Kier alpha value is -2.46. The van der Waals surface area contributed by atoms with Crippen molar-refractivity contribution < 1.29 is 24.0 Å². The molecule has 4 heterocycles. The minimum Gasteiger partial charge on any atom is -0.348 e. The summed E-state index contributed by atoms with van der Waals surface area (Å²) in [6.07, 6.45) is 0.720. The van der Waals surface area contributed by atoms with E-state index in [4.69, 9.17) is 11.6 Å². The number of nitrogens with zero attached hydrogens (tertiary/aromatic N) is 3. The van der Waals surface area contributed by atoms with E-state index in [1.54, 1.807) is 23.3 Å². The van der Waals surface area contributed by atoms with E-state index in [1.165, 1.54) is 16.2 Å². The normalized spacial score (nSPS) is 25.3. The van der Waals surface area contributed by atoms with Gasteiger partial charge in [-0.2, -0.15) is 0 Å². The average molecular weight is 453 g/mol. The van der Waals surface area contributed by atoms with Crippen LogP contribution in [-0.4, -0.2) is 82.0 Å². The molecule has 11 heteroatoms. The van der Waals surface area contributed by atoms with Crippen molar-refractivity contribution in [2.75, 3.05) is 19.6 Å². The number of hydrogen-bond acceptors (Lipinski definition) is 6. The number of piperidine rings is 1. The van der Waals surface area contributed by atoms with Gasteiger partial charge in [0, 0.05) is 25.9 Å². The third-order valence-corrected chi connectivity index (χ3v) is 7.06. The molecule has 0 bridgehead atoms. The highest BCUT2D eigenvalue weighted by atomic mass is 35.5. The monoisotopic (exact) mass is 452 g/mol. The van der Waals surface area contributed by atoms with Crippen LogP contribution in [0.15, 0.2) is 11.4 Å². The Kier molecular flexibility index (Phi) is 5.54. The number of likely N-dealkylation sites (tertiary alicyclic amines) is 2. The fraction of sp³-hybridized carbons (Fsp3) is 0.526. The number of nitrogens with one attached hydrogen (secondary N) is 1. The maximum Gasteiger partial charge on any atom is 0.257 e. The Labute approximate surface area is 181 Å². The van der Waals surface area contributed by atoms with Gasteiger partial charge in [-0.15, -0.1) is 11.3 Å². The molecule has 0 aromatic carbocycles. The summed E-state index contributed by atoms with van der Waals surface area (Å²) in [7, 11) is 0. The molecule has 4 rings (SSSR count). The molecule has 1 N–H and O–H groups in total. The maximum atomic E-state index is 13.0. The molecule has 0 aliphatic carbocycles. The zero-order valence-corrected chi connectivity index (χ0v) is 17.9. The molecule has 0 radical (unpaired) electrons. The first kappa shape index (κ1) is 20.8. The van der Waals surface area contributed by atoms with Crippen LogP contribution < -0.4 is 5.32 Å². The molecule has 3 aliphatic heterocycles. The van der Waals surface area contributed by atoms with E-state index < -0.39 is 12.1 Å². The molecule has 0 saturated carbocycles. The van der Waals surface area contributed by atoms with E-state index in [2.05, 4.69) is 5.32 Å². The fourth-order valence-corrected chi connectivity index (χ4v) is 5.31. The van der Waals surface area contributed by atoms with Crippen LogP contribution in [0.5, 0.6) is 0 Å². The summed E-state index contributed by atoms with van der Waals surface area (Å²) in [4.78, 5) is 66.2. The molecular formula is C19H21ClN4O5S. The number of halogens is 1. The lowest BCUT2D eigenvalue weighted by Crippen LogP contribution is -2.68. The number of carbonyl (C=O) groups is 5. The summed E-state index contributed by atoms with van der Waals surface area (Å²) in [5.74, 6) is -1.62. The van der Waals surface area contributed by atoms with E-state index in [-0.39, 0.29) is 61.5 Å². The number of imide groups is 1. The Morgan fingerprint density at radius 2 is 1.93 bits per heavy atom. The first-order valence-corrected chi connectivity index (χ1v) is 11.0. The fourth-order valence-electron chi connectivity index (χ4n) is 4.40. The van der Waals surface area contributed by atoms with Gasteiger partial charge in [0.15, 0.2) is 0 Å². The summed E-state index contributed by atoms with van der Waals surface area (Å²) in [6.45, 7) is 2.05. The van der Waals surface area contributed by atoms with E-state index in [1.807, 2.05) is 0 Å². The predicted molar refractivity (Wildman–Crippen MR) is 108 cm³/mol. The lowest BCUT2D eigenvalue weighted by molar-refractivity contribution is -0.151. The second-order valence-corrected chi connectivity index (χ2v) is 9.21. The van der Waals surface area contributed by atoms with Crippen molar-refractivity contribution in [3.8, 4) is 0 Å². The van der Waals surface area contributed by atoms with Crippen molar-refractivity contribution in [3.05, 3.63) is 21.3 Å². The van der Waals surface area contributed by atoms with Gasteiger partial charge in [0.25, 0.3) is 5.91 Å². The predicted octanol–water partition coefficient (Wildman–Crippen LogP) is 0.481. The standard InChI is InChI=1S/C19H21ClN4O5S/c1-10(24-15(26)2-3-16(24)27)18(28)22-6-4-13-12(8-22)21-14(25)9-23(13)19(29)11-5-7-30-17(11)20/h5,7,10,12-13H,2-4,6,8-9H2,1H3,(H,21,25)/t10?,12-,13+/m0/s1. The second-order valence-electron chi connectivity index (χ2n) is 7.69. The zero-order valence-electron chi connectivity index (χ0n) is 16.3. The molecule has 3 aliphatic rings. The van der Waals surface area contributed by atoms with Crippen LogP contribution in [0.4, 0.5) is 0 Å². The van der Waals surface area contributed by atoms with Gasteiger partial charge in [-0.3, -0.25) is 28.9 Å². The van der Waals surface area contributed by atoms with E-state index in [0.717, 1.165) is 4.90 Å². The molecule has 3 fully saturated rings. The van der Waals surface area contributed by atoms with Gasteiger partial charge in [-0.1, -0.05) is 11.6 Å². The summed E-state index contributed by atoms with van der Waals surface area (Å²) in [6, 6.07) is 0.0649. The van der Waals surface area contributed by atoms with Crippen molar-refractivity contribution in [1.82, 2.24) is 20.0 Å². The van der Waals surface area contributed by atoms with Gasteiger partial charge in [-0.05, 0) is 24.8 Å². The van der Waals surface area contributed by atoms with Gasteiger partial charge in [0.05, 0.1) is 17.6 Å². The Morgan fingerprint density at radius 1 is 1.23 bits per heavy atom. The molecule has 3 saturated heterocycles. The minimum absolute atomic E-state index is 0.0622. The number of rotatable bonds is 3. The highest BCUT2D eigenvalue weighted by molar-refractivity contribution is 7.14. The van der Waals surface area contributed by atoms with Crippen LogP contribution in [0.1, 0.15) is 36.5 Å². The number of amides is 5. The number of carbonyl (C=O) groups excluding carboxylic acids is 5. The van der Waals surface area contributed by atoms with Gasteiger partial charge in [0.1, 0.15) is 16.9 Å². The Bertz CT molecular complexity index is 918. The van der Waals surface area contributed by atoms with Gasteiger partial charge in [0.2, 0.25) is 23.6 Å². The second kappa shape index (κ2) is 7.99. The molecular weight excluding hydrogens is 432 g/mol. The molecule has 1 aromatic rings. The molecule has 3 atom stereocenters. The first-order chi connectivity index (χ1) is 14.3. The molecule has 1 aromatic heterocycles. The van der Waals surface area contributed by atoms with E-state index >= 15 is 0 Å². The number of fused-ring (bicyclic) bond motifs is 1. The molecule has 160 valence electrons. The van der Waals surface area contributed by atoms with Gasteiger partial charge < -0.3 is 15.1 Å². The SMILES string of the molecule is CC(C(=O)N1CC[C@@H]2[C@H](C1)NC(=O)CN2C(=O)c1ccsc1Cl)N1C(=O)CCC1=O. The average Bonchev–Trinajstić information content (AvgIpc) is 3.29. The summed E-state index contributed by atoms with van der Waals surface area (Å²) in [5, 5.41) is 4.59. The smallest absolute Gasteiger partial charge is 0.257 e. The maximum absolute atomic E-state index is 13.0. The highest BCUT2D eigenvalue weighted by Gasteiger charge is 2.44. The van der Waals surface area contributed by atoms with Crippen LogP contribution >= 0.6 is 22.9 Å². The summed E-state index contributed by atoms with van der Waals surface area (Å²) in [5.41, 5.74) is 0.369. The zero-order chi connectivity index (χ0) is 21.6. The number of thiophene rings is 1. The van der Waals surface area contributed by atoms with Crippen LogP contribution in [0, 0.1) is 0 Å². The first-order valence-electron chi connectivity index (χ1n) is 9.75. The summed E-state index contributed by atoms with van der Waals surface area (Å²) < 4.78 is 0.379. The lowest BCUT2D eigenvalue weighted by Gasteiger charge is -2.47. The van der Waals surface area contributed by atoms with E-state index in [0.29, 0.717) is 22.9 Å². The quantitative estimate of drug-likeness (QED) is 0.671. The van der Waals surface area contributed by atoms with Crippen LogP contribution in [0.3, 0.4) is 0 Å². The molecule has 30 heavy (non-hydrogen) atoms. The summed E-state index contributed by atoms with van der Waals surface area (Å²) >= 11 is 7.36. The highest BCUT2D eigenvalue weighted by Crippen LogP contribution is 2.28. The topological polar surface area (TPSA) is 107 Å². The van der Waals surface area contributed by atoms with E-state index in [9.17, 15) is 24.0 Å². The van der Waals surface area contributed by atoms with Crippen molar-refractivity contribution >= 4 is 52.5 Å². The molecule has 1 unspecified atom stereocenters. The Balaban J connectivity index is 1.48. The third kappa shape index (κ3) is 3.58. The Morgan fingerprint density at radius 3 is 2.57 bits per heavy atom. The van der Waals surface area contributed by atoms with Crippen molar-refractivity contribution in [2.45, 2.75) is 44.3 Å². The van der Waals surface area contributed by atoms with Gasteiger partial charge >= 0.3 is 0 Å². The van der Waals surface area contributed by atoms with Crippen LogP contribution in [0.25, 0.3) is 0 Å². The number of hydrogen-bond donors (Lipinski definition) is 1. The minimum atomic E-state index is -0.884. The third-order valence-electron chi connectivity index (χ3n) is 5.89. The van der Waals surface area contributed by atoms with Crippen molar-refractivity contribution in [1.29, 1.82) is 0 Å². The van der Waals surface area contributed by atoms with Gasteiger partial charge in [-0.25, -0.2) is 0 Å².